The summed E-state index contributed by atoms with van der Waals surface area (Å²) in [5, 5.41) is -0.146. The molecular formula is C13H7ClF4N2O. The molecule has 0 saturated carbocycles. The van der Waals surface area contributed by atoms with Crippen molar-refractivity contribution in [3.05, 3.63) is 46.1 Å². The van der Waals surface area contributed by atoms with Crippen LogP contribution in [0.1, 0.15) is 21.7 Å². The van der Waals surface area contributed by atoms with Crippen LogP contribution in [0.25, 0.3) is 11.3 Å². The highest BCUT2D eigenvalue weighted by Gasteiger charge is 2.34. The van der Waals surface area contributed by atoms with Crippen molar-refractivity contribution >= 4 is 17.9 Å². The summed E-state index contributed by atoms with van der Waals surface area (Å²) < 4.78 is 51.1. The van der Waals surface area contributed by atoms with Crippen molar-refractivity contribution < 1.29 is 22.4 Å². The number of rotatable bonds is 2. The van der Waals surface area contributed by atoms with E-state index in [-0.39, 0.29) is 27.8 Å². The smallest absolute Gasteiger partial charge is 0.298 e. The normalized spacial score (nSPS) is 11.5. The van der Waals surface area contributed by atoms with Gasteiger partial charge in [0.1, 0.15) is 16.8 Å². The molecule has 0 aliphatic heterocycles. The number of hydrogen-bond donors (Lipinski definition) is 0. The molecule has 1 aromatic heterocycles. The Morgan fingerprint density at radius 3 is 2.43 bits per heavy atom. The number of benzene rings is 1. The van der Waals surface area contributed by atoms with Crippen LogP contribution in [0, 0.1) is 12.7 Å². The molecule has 0 fully saturated rings. The van der Waals surface area contributed by atoms with Crippen molar-refractivity contribution in [2.75, 3.05) is 0 Å². The fourth-order valence-corrected chi connectivity index (χ4v) is 2.02. The van der Waals surface area contributed by atoms with Crippen LogP contribution in [0.3, 0.4) is 0 Å². The van der Waals surface area contributed by atoms with Gasteiger partial charge in [-0.05, 0) is 19.1 Å². The quantitative estimate of drug-likeness (QED) is 0.476. The zero-order chi connectivity index (χ0) is 15.8. The Bertz CT molecular complexity index is 716. The lowest BCUT2D eigenvalue weighted by molar-refractivity contribution is -0.139. The van der Waals surface area contributed by atoms with E-state index in [1.54, 1.807) is 0 Å². The Labute approximate surface area is 121 Å². The van der Waals surface area contributed by atoms with E-state index in [1.807, 2.05) is 0 Å². The number of aryl methyl sites for hydroxylation is 1. The molecule has 2 rings (SSSR count). The molecule has 0 aliphatic carbocycles. The third-order valence-corrected chi connectivity index (χ3v) is 2.96. The first-order chi connectivity index (χ1) is 9.74. The van der Waals surface area contributed by atoms with Crippen LogP contribution in [0.15, 0.2) is 18.2 Å². The second kappa shape index (κ2) is 5.40. The van der Waals surface area contributed by atoms with E-state index in [0.29, 0.717) is 18.4 Å². The number of halogens is 5. The second-order valence-corrected chi connectivity index (χ2v) is 4.49. The number of aldehydes is 1. The van der Waals surface area contributed by atoms with Gasteiger partial charge in [0.2, 0.25) is 0 Å². The number of nitrogens with zero attached hydrogens (tertiary/aromatic N) is 2. The maximum atomic E-state index is 13.6. The maximum Gasteiger partial charge on any atom is 0.419 e. The Hall–Kier alpha value is -2.02. The molecule has 21 heavy (non-hydrogen) atoms. The van der Waals surface area contributed by atoms with Gasteiger partial charge in [-0.1, -0.05) is 17.7 Å². The van der Waals surface area contributed by atoms with E-state index in [1.165, 1.54) is 6.92 Å². The van der Waals surface area contributed by atoms with Crippen LogP contribution in [0.5, 0.6) is 0 Å². The number of carbonyl (C=O) groups excluding carboxylic acids is 1. The van der Waals surface area contributed by atoms with Crippen molar-refractivity contribution in [2.45, 2.75) is 13.1 Å². The molecule has 0 aliphatic rings. The maximum absolute atomic E-state index is 13.6. The third-order valence-electron chi connectivity index (χ3n) is 2.68. The first-order valence-corrected chi connectivity index (χ1v) is 5.98. The Balaban J connectivity index is 2.64. The molecule has 0 radical (unpaired) electrons. The summed E-state index contributed by atoms with van der Waals surface area (Å²) in [7, 11) is 0. The van der Waals surface area contributed by atoms with Gasteiger partial charge < -0.3 is 0 Å². The molecule has 0 N–H and O–H groups in total. The monoisotopic (exact) mass is 318 g/mol. The van der Waals surface area contributed by atoms with E-state index in [4.69, 9.17) is 11.6 Å². The van der Waals surface area contributed by atoms with Gasteiger partial charge in [0.15, 0.2) is 6.29 Å². The lowest BCUT2D eigenvalue weighted by Gasteiger charge is -2.11. The highest BCUT2D eigenvalue weighted by Crippen LogP contribution is 2.34. The zero-order valence-electron chi connectivity index (χ0n) is 10.5. The largest absolute Gasteiger partial charge is 0.419 e. The molecule has 3 nitrogen and oxygen atoms in total. The second-order valence-electron chi connectivity index (χ2n) is 4.13. The van der Waals surface area contributed by atoms with Gasteiger partial charge in [0, 0.05) is 5.56 Å². The molecule has 0 bridgehead atoms. The van der Waals surface area contributed by atoms with Gasteiger partial charge in [-0.25, -0.2) is 14.4 Å². The molecule has 8 heteroatoms. The first kappa shape index (κ1) is 15.4. The van der Waals surface area contributed by atoms with Crippen LogP contribution in [-0.2, 0) is 6.18 Å². The van der Waals surface area contributed by atoms with E-state index >= 15 is 0 Å². The molecule has 110 valence electrons. The molecule has 0 amide bonds. The Morgan fingerprint density at radius 1 is 1.24 bits per heavy atom. The Morgan fingerprint density at radius 2 is 1.90 bits per heavy atom. The topological polar surface area (TPSA) is 42.9 Å². The minimum Gasteiger partial charge on any atom is -0.298 e. The van der Waals surface area contributed by atoms with Gasteiger partial charge in [0.05, 0.1) is 16.8 Å². The number of carbonyl (C=O) groups is 1. The minimum atomic E-state index is -4.80. The molecule has 0 atom stereocenters. The lowest BCUT2D eigenvalue weighted by Crippen LogP contribution is -2.08. The third kappa shape index (κ3) is 3.02. The molecule has 0 unspecified atom stereocenters. The number of hydrogen-bond acceptors (Lipinski definition) is 3. The average Bonchev–Trinajstić information content (AvgIpc) is 2.36. The van der Waals surface area contributed by atoms with Gasteiger partial charge in [-0.2, -0.15) is 13.2 Å². The fraction of sp³-hybridized carbons (Fsp3) is 0.154. The summed E-state index contributed by atoms with van der Waals surface area (Å²) in [5.74, 6) is -1.25. The molecular weight excluding hydrogens is 312 g/mol. The minimum absolute atomic E-state index is 0.00926. The van der Waals surface area contributed by atoms with Crippen molar-refractivity contribution in [3.8, 4) is 11.3 Å². The predicted molar refractivity (Wildman–Crippen MR) is 67.6 cm³/mol. The standard InChI is InChI=1S/C13H7ClF4N2O/c1-6-19-11(8(5-21)12(14)20-6)7-2-3-9(10(15)4-7)13(16,17)18/h2-5H,1H3. The first-order valence-electron chi connectivity index (χ1n) is 5.60. The predicted octanol–water partition coefficient (Wildman–Crippen LogP) is 4.08. The number of aromatic nitrogens is 2. The summed E-state index contributed by atoms with van der Waals surface area (Å²) in [4.78, 5) is 18.7. The lowest BCUT2D eigenvalue weighted by atomic mass is 10.0. The van der Waals surface area contributed by atoms with Gasteiger partial charge >= 0.3 is 6.18 Å². The van der Waals surface area contributed by atoms with Crippen molar-refractivity contribution in [2.24, 2.45) is 0 Å². The van der Waals surface area contributed by atoms with Gasteiger partial charge in [-0.15, -0.1) is 0 Å². The van der Waals surface area contributed by atoms with E-state index in [0.717, 1.165) is 6.07 Å². The molecule has 1 aromatic carbocycles. The molecule has 1 heterocycles. The van der Waals surface area contributed by atoms with Crippen molar-refractivity contribution in [1.29, 1.82) is 0 Å². The summed E-state index contributed by atoms with van der Waals surface area (Å²) >= 11 is 5.77. The highest BCUT2D eigenvalue weighted by molar-refractivity contribution is 6.32. The average molecular weight is 319 g/mol. The van der Waals surface area contributed by atoms with E-state index in [2.05, 4.69) is 9.97 Å². The molecule has 0 spiro atoms. The van der Waals surface area contributed by atoms with Gasteiger partial charge in [-0.3, -0.25) is 4.79 Å². The van der Waals surface area contributed by atoms with Crippen molar-refractivity contribution in [1.82, 2.24) is 9.97 Å². The molecule has 0 saturated heterocycles. The van der Waals surface area contributed by atoms with Crippen LogP contribution < -0.4 is 0 Å². The van der Waals surface area contributed by atoms with Crippen LogP contribution in [0.2, 0.25) is 5.15 Å². The zero-order valence-corrected chi connectivity index (χ0v) is 11.3. The highest BCUT2D eigenvalue weighted by atomic mass is 35.5. The summed E-state index contributed by atoms with van der Waals surface area (Å²) in [5.41, 5.74) is -1.51. The molecule has 2 aromatic rings. The van der Waals surface area contributed by atoms with E-state index < -0.39 is 17.6 Å². The SMILES string of the molecule is Cc1nc(Cl)c(C=O)c(-c2ccc(C(F)(F)F)c(F)c2)n1. The van der Waals surface area contributed by atoms with Gasteiger partial charge in [0.25, 0.3) is 0 Å². The summed E-state index contributed by atoms with van der Waals surface area (Å²) in [6.45, 7) is 1.49. The number of alkyl halides is 3. The van der Waals surface area contributed by atoms with Crippen molar-refractivity contribution in [3.63, 3.8) is 0 Å². The van der Waals surface area contributed by atoms with Crippen LogP contribution in [0.4, 0.5) is 17.6 Å². The summed E-state index contributed by atoms with van der Waals surface area (Å²) in [6.07, 6.45) is -4.43. The van der Waals surface area contributed by atoms with E-state index in [9.17, 15) is 22.4 Å². The Kier molecular flexibility index (Phi) is 3.95. The summed E-state index contributed by atoms with van der Waals surface area (Å²) in [6, 6.07) is 2.27. The van der Waals surface area contributed by atoms with Crippen LogP contribution >= 0.6 is 11.6 Å². The fourth-order valence-electron chi connectivity index (χ4n) is 1.76. The van der Waals surface area contributed by atoms with Crippen LogP contribution in [-0.4, -0.2) is 16.3 Å².